The Morgan fingerprint density at radius 3 is 2.84 bits per heavy atom. The van der Waals surface area contributed by atoms with Crippen LogP contribution < -0.4 is 20.3 Å². The molecule has 0 unspecified atom stereocenters. The van der Waals surface area contributed by atoms with Gasteiger partial charge in [0, 0.05) is 43.8 Å². The third kappa shape index (κ3) is 4.32. The van der Waals surface area contributed by atoms with Gasteiger partial charge in [-0.25, -0.2) is 9.97 Å². The summed E-state index contributed by atoms with van der Waals surface area (Å²) in [6.07, 6.45) is 8.90. The average Bonchev–Trinajstić information content (AvgIpc) is 3.36. The summed E-state index contributed by atoms with van der Waals surface area (Å²) in [5.41, 5.74) is 1.64. The molecule has 2 N–H and O–H groups in total. The zero-order chi connectivity index (χ0) is 21.4. The van der Waals surface area contributed by atoms with Crippen molar-refractivity contribution in [2.45, 2.75) is 25.3 Å². The van der Waals surface area contributed by atoms with Crippen LogP contribution in [0.15, 0.2) is 30.7 Å². The monoisotopic (exact) mass is 421 g/mol. The van der Waals surface area contributed by atoms with Crippen molar-refractivity contribution in [3.05, 3.63) is 36.4 Å². The summed E-state index contributed by atoms with van der Waals surface area (Å²) in [4.78, 5) is 23.9. The zero-order valence-corrected chi connectivity index (χ0v) is 17.8. The van der Waals surface area contributed by atoms with Crippen molar-refractivity contribution in [2.75, 3.05) is 37.0 Å². The quantitative estimate of drug-likeness (QED) is 0.604. The van der Waals surface area contributed by atoms with Gasteiger partial charge in [-0.05, 0) is 37.8 Å². The number of hydrogen-bond donors (Lipinski definition) is 2. The summed E-state index contributed by atoms with van der Waals surface area (Å²) >= 11 is 0. The number of carbonyl (C=O) groups is 1. The van der Waals surface area contributed by atoms with Gasteiger partial charge in [0.05, 0.1) is 30.7 Å². The molecule has 1 aliphatic heterocycles. The van der Waals surface area contributed by atoms with Crippen LogP contribution in [0.4, 0.5) is 11.5 Å². The lowest BCUT2D eigenvalue weighted by Crippen LogP contribution is -2.28. The van der Waals surface area contributed by atoms with Crippen LogP contribution in [0.25, 0.3) is 10.9 Å². The first-order chi connectivity index (χ1) is 15.1. The Kier molecular flexibility index (Phi) is 5.19. The van der Waals surface area contributed by atoms with Crippen molar-refractivity contribution >= 4 is 28.3 Å². The van der Waals surface area contributed by atoms with E-state index in [0.29, 0.717) is 17.4 Å². The van der Waals surface area contributed by atoms with Crippen molar-refractivity contribution in [3.8, 4) is 5.75 Å². The average molecular weight is 422 g/mol. The van der Waals surface area contributed by atoms with E-state index in [1.807, 2.05) is 25.4 Å². The van der Waals surface area contributed by atoms with Crippen molar-refractivity contribution in [1.82, 2.24) is 25.1 Å². The van der Waals surface area contributed by atoms with Gasteiger partial charge in [0.2, 0.25) is 0 Å². The molecule has 3 heterocycles. The van der Waals surface area contributed by atoms with Crippen molar-refractivity contribution in [1.29, 1.82) is 0 Å². The van der Waals surface area contributed by atoms with Gasteiger partial charge in [0.25, 0.3) is 5.91 Å². The molecule has 1 saturated heterocycles. The normalized spacial score (nSPS) is 18.5. The molecule has 9 nitrogen and oxygen atoms in total. The summed E-state index contributed by atoms with van der Waals surface area (Å²) in [6, 6.07) is 4.40. The molecule has 0 bridgehead atoms. The van der Waals surface area contributed by atoms with E-state index in [1.54, 1.807) is 18.0 Å². The maximum Gasteiger partial charge on any atom is 0.275 e. The number of ether oxygens (including phenoxy) is 1. The number of aromatic nitrogens is 4. The summed E-state index contributed by atoms with van der Waals surface area (Å²) in [5, 5.41) is 11.8. The minimum Gasteiger partial charge on any atom is -0.494 e. The fourth-order valence-electron chi connectivity index (χ4n) is 4.06. The molecule has 1 amide bonds. The third-order valence-electron chi connectivity index (χ3n) is 5.94. The van der Waals surface area contributed by atoms with Gasteiger partial charge < -0.3 is 20.3 Å². The highest BCUT2D eigenvalue weighted by Crippen LogP contribution is 2.30. The van der Waals surface area contributed by atoms with Gasteiger partial charge in [0.1, 0.15) is 17.3 Å². The van der Waals surface area contributed by atoms with E-state index >= 15 is 0 Å². The lowest BCUT2D eigenvalue weighted by atomic mass is 10.1. The van der Waals surface area contributed by atoms with Crippen molar-refractivity contribution in [2.24, 2.45) is 13.0 Å². The van der Waals surface area contributed by atoms with Gasteiger partial charge >= 0.3 is 0 Å². The molecule has 3 aromatic rings. The zero-order valence-electron chi connectivity index (χ0n) is 17.8. The SMILES string of the molecule is COc1cc2nn(C)cc2cc1NC(=O)c1cnc(N2CC[C@H](CNC3CC3)C2)cn1. The summed E-state index contributed by atoms with van der Waals surface area (Å²) < 4.78 is 7.15. The number of fused-ring (bicyclic) bond motifs is 1. The molecular weight excluding hydrogens is 394 g/mol. The number of methoxy groups -OCH3 is 1. The molecule has 2 fully saturated rings. The fraction of sp³-hybridized carbons (Fsp3) is 0.455. The van der Waals surface area contributed by atoms with Crippen molar-refractivity contribution < 1.29 is 9.53 Å². The first-order valence-corrected chi connectivity index (χ1v) is 10.7. The van der Waals surface area contributed by atoms with Crippen LogP contribution in [0.3, 0.4) is 0 Å². The standard InChI is InChI=1S/C22H27N7O2/c1-28-13-15-7-18(20(31-2)8-17(15)27-28)26-22(30)19-10-25-21(11-24-19)29-6-5-14(12-29)9-23-16-3-4-16/h7-8,10-11,13-14,16,23H,3-6,9,12H2,1-2H3,(H,26,30)/t14-/m1/s1. The largest absolute Gasteiger partial charge is 0.494 e. The highest BCUT2D eigenvalue weighted by molar-refractivity contribution is 6.04. The Balaban J connectivity index is 1.24. The van der Waals surface area contributed by atoms with E-state index in [9.17, 15) is 4.79 Å². The molecule has 0 radical (unpaired) electrons. The topological polar surface area (TPSA) is 97.2 Å². The number of nitrogens with zero attached hydrogens (tertiary/aromatic N) is 5. The second kappa shape index (κ2) is 8.14. The van der Waals surface area contributed by atoms with Gasteiger partial charge in [-0.2, -0.15) is 5.10 Å². The molecule has 5 rings (SSSR count). The Labute approximate surface area is 180 Å². The Morgan fingerprint density at radius 1 is 1.23 bits per heavy atom. The van der Waals surface area contributed by atoms with Gasteiger partial charge in [0.15, 0.2) is 0 Å². The number of nitrogens with one attached hydrogen (secondary N) is 2. The Hall–Kier alpha value is -3.20. The summed E-state index contributed by atoms with van der Waals surface area (Å²) in [7, 11) is 3.42. The predicted octanol–water partition coefficient (Wildman–Crippen LogP) is 2.20. The maximum absolute atomic E-state index is 12.8. The van der Waals surface area contributed by atoms with Crippen LogP contribution in [0, 0.1) is 5.92 Å². The molecule has 1 atom stereocenters. The molecule has 9 heteroatoms. The molecule has 162 valence electrons. The second-order valence-electron chi connectivity index (χ2n) is 8.41. The smallest absolute Gasteiger partial charge is 0.275 e. The van der Waals surface area contributed by atoms with Crippen molar-refractivity contribution in [3.63, 3.8) is 0 Å². The lowest BCUT2D eigenvalue weighted by Gasteiger charge is -2.17. The molecule has 31 heavy (non-hydrogen) atoms. The summed E-state index contributed by atoms with van der Waals surface area (Å²) in [5.74, 6) is 1.68. The van der Waals surface area contributed by atoms with Gasteiger partial charge in [-0.1, -0.05) is 0 Å². The Morgan fingerprint density at radius 2 is 2.10 bits per heavy atom. The number of benzene rings is 1. The molecule has 2 aromatic heterocycles. The predicted molar refractivity (Wildman–Crippen MR) is 119 cm³/mol. The van der Waals surface area contributed by atoms with Gasteiger partial charge in [-0.3, -0.25) is 9.48 Å². The van der Waals surface area contributed by atoms with E-state index in [4.69, 9.17) is 4.74 Å². The second-order valence-corrected chi connectivity index (χ2v) is 8.41. The molecule has 0 spiro atoms. The molecule has 1 aliphatic carbocycles. The molecular formula is C22H27N7O2. The Bertz CT molecular complexity index is 1090. The van der Waals surface area contributed by atoms with Crippen LogP contribution in [-0.2, 0) is 7.05 Å². The molecule has 1 aromatic carbocycles. The minimum atomic E-state index is -0.325. The highest BCUT2D eigenvalue weighted by atomic mass is 16.5. The number of carbonyl (C=O) groups excluding carboxylic acids is 1. The van der Waals surface area contributed by atoms with E-state index in [0.717, 1.165) is 48.8 Å². The van der Waals surface area contributed by atoms with Gasteiger partial charge in [-0.15, -0.1) is 0 Å². The van der Waals surface area contributed by atoms with E-state index in [-0.39, 0.29) is 11.6 Å². The maximum atomic E-state index is 12.8. The van der Waals surface area contributed by atoms with Crippen LogP contribution in [0.2, 0.25) is 0 Å². The summed E-state index contributed by atoms with van der Waals surface area (Å²) in [6.45, 7) is 3.01. The van der Waals surface area contributed by atoms with Crippen LogP contribution in [0.5, 0.6) is 5.75 Å². The number of rotatable bonds is 7. The molecule has 2 aliphatic rings. The van der Waals surface area contributed by atoms with Crippen LogP contribution >= 0.6 is 0 Å². The third-order valence-corrected chi connectivity index (χ3v) is 5.94. The van der Waals surface area contributed by atoms with E-state index in [1.165, 1.54) is 19.0 Å². The minimum absolute atomic E-state index is 0.267. The first-order valence-electron chi connectivity index (χ1n) is 10.7. The highest BCUT2D eigenvalue weighted by Gasteiger charge is 2.27. The van der Waals surface area contributed by atoms with Crippen LogP contribution in [0.1, 0.15) is 29.8 Å². The van der Waals surface area contributed by atoms with E-state index in [2.05, 4.69) is 30.6 Å². The first kappa shape index (κ1) is 19.7. The molecule has 1 saturated carbocycles. The number of amides is 1. The lowest BCUT2D eigenvalue weighted by molar-refractivity contribution is 0.102. The number of anilines is 2. The fourth-order valence-corrected chi connectivity index (χ4v) is 4.06. The van der Waals surface area contributed by atoms with Crippen LogP contribution in [-0.4, -0.2) is 58.4 Å². The number of aryl methyl sites for hydroxylation is 1. The van der Waals surface area contributed by atoms with E-state index < -0.39 is 0 Å². The number of hydrogen-bond acceptors (Lipinski definition) is 7.